The van der Waals surface area contributed by atoms with E-state index in [1.54, 1.807) is 18.2 Å². The predicted octanol–water partition coefficient (Wildman–Crippen LogP) is 0.515. The molecule has 1 atom stereocenters. The van der Waals surface area contributed by atoms with E-state index in [0.29, 0.717) is 16.4 Å². The van der Waals surface area contributed by atoms with Crippen LogP contribution < -0.4 is 15.8 Å². The molecule has 3 rings (SSSR count). The number of carbonyl (C=O) groups excluding carboxylic acids is 1. The van der Waals surface area contributed by atoms with E-state index < -0.39 is 6.17 Å². The number of rotatable bonds is 2. The Morgan fingerprint density at radius 1 is 1.19 bits per heavy atom. The Labute approximate surface area is 126 Å². The summed E-state index contributed by atoms with van der Waals surface area (Å²) in [4.78, 5) is 15.0. The van der Waals surface area contributed by atoms with Crippen molar-refractivity contribution in [1.82, 2.24) is 5.48 Å². The van der Waals surface area contributed by atoms with Crippen molar-refractivity contribution >= 4 is 28.9 Å². The van der Waals surface area contributed by atoms with Crippen LogP contribution in [0.5, 0.6) is 0 Å². The van der Waals surface area contributed by atoms with Crippen LogP contribution in [0.15, 0.2) is 48.5 Å². The number of nitrogens with one attached hydrogen (secondary N) is 3. The lowest BCUT2D eigenvalue weighted by molar-refractivity contribution is -0.504. The maximum Gasteiger partial charge on any atom is 0.311 e. The fourth-order valence-corrected chi connectivity index (χ4v) is 2.43. The van der Waals surface area contributed by atoms with E-state index in [0.717, 1.165) is 11.1 Å². The number of hydroxylamine groups is 1. The lowest BCUT2D eigenvalue weighted by atomic mass is 10.0. The highest BCUT2D eigenvalue weighted by atomic mass is 35.5. The van der Waals surface area contributed by atoms with Gasteiger partial charge in [0.1, 0.15) is 0 Å². The number of hydrogen-bond acceptors (Lipinski definition) is 3. The van der Waals surface area contributed by atoms with Gasteiger partial charge in [-0.1, -0.05) is 29.8 Å². The number of fused-ring (bicyclic) bond motifs is 1. The van der Waals surface area contributed by atoms with Crippen LogP contribution >= 0.6 is 11.6 Å². The molecule has 21 heavy (non-hydrogen) atoms. The number of carbonyl (C=O) groups is 1. The van der Waals surface area contributed by atoms with Gasteiger partial charge in [0.25, 0.3) is 0 Å². The van der Waals surface area contributed by atoms with Crippen LogP contribution in [0.3, 0.4) is 0 Å². The third kappa shape index (κ3) is 2.67. The van der Waals surface area contributed by atoms with Gasteiger partial charge < -0.3 is 10.5 Å². The van der Waals surface area contributed by atoms with Crippen molar-refractivity contribution < 1.29 is 15.0 Å². The first kappa shape index (κ1) is 13.8. The average Bonchev–Trinajstić information content (AvgIpc) is 2.64. The van der Waals surface area contributed by atoms with Gasteiger partial charge in [-0.05, 0) is 30.3 Å². The largest absolute Gasteiger partial charge is 0.318 e. The SMILES string of the molecule is O=C1Nc2ccc(Cl)cc2C(c2ccccc2)=[NH+]C1NO. The second kappa shape index (κ2) is 5.65. The van der Waals surface area contributed by atoms with Crippen LogP contribution in [0.1, 0.15) is 11.1 Å². The summed E-state index contributed by atoms with van der Waals surface area (Å²) < 4.78 is 0. The number of benzene rings is 2. The van der Waals surface area contributed by atoms with Gasteiger partial charge in [0.2, 0.25) is 5.71 Å². The number of benzodiazepines with no additional fused rings is 1. The van der Waals surface area contributed by atoms with Crippen LogP contribution in [0.4, 0.5) is 5.69 Å². The van der Waals surface area contributed by atoms with Crippen LogP contribution in [-0.4, -0.2) is 23.0 Å². The molecule has 5 nitrogen and oxygen atoms in total. The maximum absolute atomic E-state index is 12.0. The van der Waals surface area contributed by atoms with Gasteiger partial charge in [0.05, 0.1) is 11.3 Å². The molecule has 1 heterocycles. The third-order valence-electron chi connectivity index (χ3n) is 3.25. The van der Waals surface area contributed by atoms with Crippen molar-refractivity contribution in [3.05, 3.63) is 64.7 Å². The minimum atomic E-state index is -0.952. The Morgan fingerprint density at radius 2 is 1.95 bits per heavy atom. The molecular weight excluding hydrogens is 290 g/mol. The highest BCUT2D eigenvalue weighted by Crippen LogP contribution is 2.23. The van der Waals surface area contributed by atoms with Crippen LogP contribution in [0.2, 0.25) is 5.02 Å². The van der Waals surface area contributed by atoms with Crippen molar-refractivity contribution in [1.29, 1.82) is 0 Å². The van der Waals surface area contributed by atoms with E-state index in [2.05, 4.69) is 10.3 Å². The molecule has 0 aliphatic carbocycles. The second-order valence-corrected chi connectivity index (χ2v) is 5.06. The van der Waals surface area contributed by atoms with Crippen LogP contribution in [0, 0.1) is 0 Å². The Hall–Kier alpha value is -2.21. The Morgan fingerprint density at radius 3 is 2.67 bits per heavy atom. The zero-order valence-corrected chi connectivity index (χ0v) is 11.7. The van der Waals surface area contributed by atoms with Gasteiger partial charge in [-0.3, -0.25) is 4.79 Å². The molecule has 106 valence electrons. The summed E-state index contributed by atoms with van der Waals surface area (Å²) in [6.45, 7) is 0. The van der Waals surface area contributed by atoms with Gasteiger partial charge in [-0.15, -0.1) is 5.48 Å². The molecule has 0 radical (unpaired) electrons. The standard InChI is InChI=1S/C15H12ClN3O2/c16-10-6-7-12-11(8-10)13(9-4-2-1-3-5-9)18-14(19-21)15(20)17-12/h1-8,14,19,21H,(H,17,20)/p+1. The van der Waals surface area contributed by atoms with Gasteiger partial charge in [0, 0.05) is 10.6 Å². The van der Waals surface area contributed by atoms with Crippen LogP contribution in [0.25, 0.3) is 0 Å². The highest BCUT2D eigenvalue weighted by Gasteiger charge is 2.30. The minimum absolute atomic E-state index is 0.382. The van der Waals surface area contributed by atoms with E-state index in [1.165, 1.54) is 0 Å². The summed E-state index contributed by atoms with van der Waals surface area (Å²) in [6, 6.07) is 14.7. The molecule has 1 amide bonds. The monoisotopic (exact) mass is 302 g/mol. The van der Waals surface area contributed by atoms with Crippen molar-refractivity contribution in [3.8, 4) is 0 Å². The summed E-state index contributed by atoms with van der Waals surface area (Å²) >= 11 is 6.07. The molecule has 0 bridgehead atoms. The van der Waals surface area contributed by atoms with Crippen LogP contribution in [-0.2, 0) is 4.79 Å². The molecule has 1 aliphatic rings. The zero-order valence-electron chi connectivity index (χ0n) is 10.9. The quantitative estimate of drug-likeness (QED) is 0.611. The first-order valence-electron chi connectivity index (χ1n) is 6.38. The minimum Gasteiger partial charge on any atom is -0.318 e. The van der Waals surface area contributed by atoms with Crippen molar-refractivity contribution in [2.24, 2.45) is 0 Å². The van der Waals surface area contributed by atoms with Gasteiger partial charge in [-0.2, -0.15) is 0 Å². The van der Waals surface area contributed by atoms with Gasteiger partial charge in [-0.25, -0.2) is 4.99 Å². The number of halogens is 1. The Kier molecular flexibility index (Phi) is 3.70. The van der Waals surface area contributed by atoms with E-state index in [1.807, 2.05) is 35.8 Å². The molecule has 0 fully saturated rings. The summed E-state index contributed by atoms with van der Waals surface area (Å²) in [5.41, 5.74) is 4.96. The maximum atomic E-state index is 12.0. The summed E-state index contributed by atoms with van der Waals surface area (Å²) in [7, 11) is 0. The summed E-state index contributed by atoms with van der Waals surface area (Å²) in [5.74, 6) is -0.382. The number of hydrogen-bond donors (Lipinski definition) is 4. The van der Waals surface area contributed by atoms with Gasteiger partial charge in [0.15, 0.2) is 0 Å². The van der Waals surface area contributed by atoms with Crippen molar-refractivity contribution in [3.63, 3.8) is 0 Å². The normalized spacial score (nSPS) is 17.5. The second-order valence-electron chi connectivity index (χ2n) is 4.63. The lowest BCUT2D eigenvalue weighted by Crippen LogP contribution is -2.86. The van der Waals surface area contributed by atoms with Crippen molar-refractivity contribution in [2.45, 2.75) is 6.17 Å². The third-order valence-corrected chi connectivity index (χ3v) is 3.49. The van der Waals surface area contributed by atoms with E-state index in [-0.39, 0.29) is 5.91 Å². The molecular formula is C15H13ClN3O2+. The molecule has 0 saturated carbocycles. The molecule has 1 aliphatic heterocycles. The molecule has 0 saturated heterocycles. The zero-order chi connectivity index (χ0) is 14.8. The fraction of sp³-hybridized carbons (Fsp3) is 0.0667. The molecule has 0 aromatic heterocycles. The highest BCUT2D eigenvalue weighted by molar-refractivity contribution is 6.31. The summed E-state index contributed by atoms with van der Waals surface area (Å²) in [6.07, 6.45) is -0.952. The molecule has 2 aromatic carbocycles. The molecule has 6 heteroatoms. The first-order chi connectivity index (χ1) is 10.2. The van der Waals surface area contributed by atoms with Gasteiger partial charge >= 0.3 is 12.1 Å². The Bertz CT molecular complexity index is 716. The number of amides is 1. The topological polar surface area (TPSA) is 75.3 Å². The number of anilines is 1. The van der Waals surface area contributed by atoms with E-state index >= 15 is 0 Å². The Balaban J connectivity index is 2.22. The molecule has 4 N–H and O–H groups in total. The first-order valence-corrected chi connectivity index (χ1v) is 6.76. The lowest BCUT2D eigenvalue weighted by Gasteiger charge is -2.06. The fourth-order valence-electron chi connectivity index (χ4n) is 2.26. The van der Waals surface area contributed by atoms with E-state index in [4.69, 9.17) is 11.6 Å². The van der Waals surface area contributed by atoms with E-state index in [9.17, 15) is 10.0 Å². The average molecular weight is 303 g/mol. The molecule has 1 unspecified atom stereocenters. The molecule has 2 aromatic rings. The predicted molar refractivity (Wildman–Crippen MR) is 79.4 cm³/mol. The molecule has 0 spiro atoms. The summed E-state index contributed by atoms with van der Waals surface area (Å²) in [5, 5.41) is 12.5. The smallest absolute Gasteiger partial charge is 0.311 e. The van der Waals surface area contributed by atoms with Crippen molar-refractivity contribution in [2.75, 3.05) is 5.32 Å².